The Morgan fingerprint density at radius 2 is 2.09 bits per heavy atom. The van der Waals surface area contributed by atoms with E-state index < -0.39 is 6.10 Å². The molecule has 0 aliphatic rings. The highest BCUT2D eigenvalue weighted by Crippen LogP contribution is 2.21. The first kappa shape index (κ1) is 16.8. The van der Waals surface area contributed by atoms with E-state index in [9.17, 15) is 9.90 Å². The smallest absolute Gasteiger partial charge is 0.315 e. The van der Waals surface area contributed by atoms with Gasteiger partial charge >= 0.3 is 6.03 Å². The SMILES string of the molecule is CC(Cc1cccs1)NC(=O)NCC(O)c1ccccc1Cl. The Hall–Kier alpha value is -1.56. The molecule has 3 N–H and O–H groups in total. The van der Waals surface area contributed by atoms with Gasteiger partial charge in [0, 0.05) is 34.5 Å². The zero-order valence-corrected chi connectivity index (χ0v) is 13.8. The number of halogens is 1. The average molecular weight is 339 g/mol. The molecule has 2 amide bonds. The largest absolute Gasteiger partial charge is 0.387 e. The predicted octanol–water partition coefficient (Wildman–Crippen LogP) is 3.37. The lowest BCUT2D eigenvalue weighted by Crippen LogP contribution is -2.43. The zero-order chi connectivity index (χ0) is 15.9. The summed E-state index contributed by atoms with van der Waals surface area (Å²) >= 11 is 7.68. The maximum absolute atomic E-state index is 11.8. The molecule has 0 radical (unpaired) electrons. The van der Waals surface area contributed by atoms with E-state index >= 15 is 0 Å². The summed E-state index contributed by atoms with van der Waals surface area (Å²) in [7, 11) is 0. The second kappa shape index (κ2) is 8.17. The van der Waals surface area contributed by atoms with Gasteiger partial charge in [0.2, 0.25) is 0 Å². The second-order valence-electron chi connectivity index (χ2n) is 5.08. The summed E-state index contributed by atoms with van der Waals surface area (Å²) < 4.78 is 0. The molecule has 0 bridgehead atoms. The molecule has 6 heteroatoms. The molecule has 0 saturated heterocycles. The topological polar surface area (TPSA) is 61.4 Å². The maximum atomic E-state index is 11.8. The van der Waals surface area contributed by atoms with E-state index in [4.69, 9.17) is 11.6 Å². The van der Waals surface area contributed by atoms with Crippen LogP contribution in [0.3, 0.4) is 0 Å². The first-order valence-electron chi connectivity index (χ1n) is 7.05. The minimum Gasteiger partial charge on any atom is -0.387 e. The van der Waals surface area contributed by atoms with Gasteiger partial charge in [-0.15, -0.1) is 11.3 Å². The van der Waals surface area contributed by atoms with Crippen molar-refractivity contribution in [2.45, 2.75) is 25.5 Å². The molecular weight excluding hydrogens is 320 g/mol. The molecule has 2 aromatic rings. The highest BCUT2D eigenvalue weighted by Gasteiger charge is 2.13. The van der Waals surface area contributed by atoms with Gasteiger partial charge in [-0.05, 0) is 24.4 Å². The molecule has 0 spiro atoms. The summed E-state index contributed by atoms with van der Waals surface area (Å²) in [5, 5.41) is 18.1. The molecule has 2 rings (SSSR count). The van der Waals surface area contributed by atoms with Gasteiger partial charge in [0.15, 0.2) is 0 Å². The van der Waals surface area contributed by atoms with Crippen molar-refractivity contribution in [3.05, 3.63) is 57.2 Å². The van der Waals surface area contributed by atoms with Crippen molar-refractivity contribution in [2.75, 3.05) is 6.54 Å². The Morgan fingerprint density at radius 1 is 1.32 bits per heavy atom. The second-order valence-corrected chi connectivity index (χ2v) is 6.52. The number of carbonyl (C=O) groups excluding carboxylic acids is 1. The highest BCUT2D eigenvalue weighted by molar-refractivity contribution is 7.09. The van der Waals surface area contributed by atoms with Crippen molar-refractivity contribution in [3.63, 3.8) is 0 Å². The minimum absolute atomic E-state index is 0.0242. The minimum atomic E-state index is -0.827. The molecule has 1 heterocycles. The number of aliphatic hydroxyl groups excluding tert-OH is 1. The standard InChI is InChI=1S/C16H19ClN2O2S/c1-11(9-12-5-4-8-22-12)19-16(21)18-10-15(20)13-6-2-3-7-14(13)17/h2-8,11,15,20H,9-10H2,1H3,(H2,18,19,21). The monoisotopic (exact) mass is 338 g/mol. The average Bonchev–Trinajstić information content (AvgIpc) is 2.98. The van der Waals surface area contributed by atoms with Gasteiger partial charge in [0.25, 0.3) is 0 Å². The van der Waals surface area contributed by atoms with E-state index in [1.807, 2.05) is 24.4 Å². The molecule has 1 aromatic heterocycles. The molecule has 1 aromatic carbocycles. The van der Waals surface area contributed by atoms with Crippen LogP contribution < -0.4 is 10.6 Å². The summed E-state index contributed by atoms with van der Waals surface area (Å²) in [5.74, 6) is 0. The summed E-state index contributed by atoms with van der Waals surface area (Å²) in [4.78, 5) is 13.1. The fourth-order valence-electron chi connectivity index (χ4n) is 2.10. The first-order chi connectivity index (χ1) is 10.6. The summed E-state index contributed by atoms with van der Waals surface area (Å²) in [6.45, 7) is 2.06. The van der Waals surface area contributed by atoms with Gasteiger partial charge in [0.1, 0.15) is 0 Å². The molecule has 4 nitrogen and oxygen atoms in total. The number of hydrogen-bond donors (Lipinski definition) is 3. The normalized spacial score (nSPS) is 13.4. The van der Waals surface area contributed by atoms with Gasteiger partial charge in [-0.25, -0.2) is 4.79 Å². The summed E-state index contributed by atoms with van der Waals surface area (Å²) in [6, 6.07) is 10.8. The quantitative estimate of drug-likeness (QED) is 0.756. The molecule has 0 saturated carbocycles. The third-order valence-corrected chi connectivity index (χ3v) is 4.43. The van der Waals surface area contributed by atoms with Crippen molar-refractivity contribution in [3.8, 4) is 0 Å². The van der Waals surface area contributed by atoms with E-state index in [1.54, 1.807) is 35.6 Å². The molecular formula is C16H19ClN2O2S. The Kier molecular flexibility index (Phi) is 6.24. The number of benzene rings is 1. The fraction of sp³-hybridized carbons (Fsp3) is 0.312. The summed E-state index contributed by atoms with van der Waals surface area (Å²) in [6.07, 6.45) is -0.0370. The van der Waals surface area contributed by atoms with Gasteiger partial charge in [-0.2, -0.15) is 0 Å². The molecule has 2 unspecified atom stereocenters. The summed E-state index contributed by atoms with van der Waals surface area (Å²) in [5.41, 5.74) is 0.608. The third kappa shape index (κ3) is 5.02. The number of thiophene rings is 1. The number of hydrogen-bond acceptors (Lipinski definition) is 3. The van der Waals surface area contributed by atoms with Gasteiger partial charge in [0.05, 0.1) is 6.10 Å². The van der Waals surface area contributed by atoms with Crippen LogP contribution in [0.15, 0.2) is 41.8 Å². The Morgan fingerprint density at radius 3 is 2.77 bits per heavy atom. The van der Waals surface area contributed by atoms with E-state index in [1.165, 1.54) is 4.88 Å². The van der Waals surface area contributed by atoms with Crippen molar-refractivity contribution in [1.29, 1.82) is 0 Å². The van der Waals surface area contributed by atoms with Crippen LogP contribution in [0, 0.1) is 0 Å². The van der Waals surface area contributed by atoms with Crippen LogP contribution >= 0.6 is 22.9 Å². The fourth-order valence-corrected chi connectivity index (χ4v) is 3.20. The van der Waals surface area contributed by atoms with Crippen LogP contribution in [0.2, 0.25) is 5.02 Å². The van der Waals surface area contributed by atoms with Crippen molar-refractivity contribution in [1.82, 2.24) is 10.6 Å². The number of carbonyl (C=O) groups is 1. The van der Waals surface area contributed by atoms with Crippen LogP contribution in [-0.4, -0.2) is 23.7 Å². The lowest BCUT2D eigenvalue weighted by molar-refractivity contribution is 0.172. The molecule has 2 atom stereocenters. The van der Waals surface area contributed by atoms with E-state index in [0.29, 0.717) is 10.6 Å². The molecule has 0 aliphatic heterocycles. The van der Waals surface area contributed by atoms with Gasteiger partial charge in [-0.3, -0.25) is 0 Å². The Labute approximate surface area is 139 Å². The number of urea groups is 1. The van der Waals surface area contributed by atoms with Crippen LogP contribution in [0.4, 0.5) is 4.79 Å². The van der Waals surface area contributed by atoms with Crippen molar-refractivity contribution < 1.29 is 9.90 Å². The number of rotatable bonds is 6. The molecule has 118 valence electrons. The van der Waals surface area contributed by atoms with Crippen LogP contribution in [0.25, 0.3) is 0 Å². The van der Waals surface area contributed by atoms with E-state index in [2.05, 4.69) is 10.6 Å². The zero-order valence-electron chi connectivity index (χ0n) is 12.3. The third-order valence-electron chi connectivity index (χ3n) is 3.19. The van der Waals surface area contributed by atoms with Crippen LogP contribution in [0.5, 0.6) is 0 Å². The lowest BCUT2D eigenvalue weighted by Gasteiger charge is -2.16. The number of nitrogens with one attached hydrogen (secondary N) is 2. The first-order valence-corrected chi connectivity index (χ1v) is 8.31. The Balaban J connectivity index is 1.76. The predicted molar refractivity (Wildman–Crippen MR) is 90.4 cm³/mol. The highest BCUT2D eigenvalue weighted by atomic mass is 35.5. The van der Waals surface area contributed by atoms with Gasteiger partial charge < -0.3 is 15.7 Å². The molecule has 0 aliphatic carbocycles. The molecule has 0 fully saturated rings. The van der Waals surface area contributed by atoms with Crippen molar-refractivity contribution in [2.24, 2.45) is 0 Å². The van der Waals surface area contributed by atoms with Crippen LogP contribution in [0.1, 0.15) is 23.5 Å². The van der Waals surface area contributed by atoms with Crippen molar-refractivity contribution >= 4 is 29.0 Å². The van der Waals surface area contributed by atoms with E-state index in [0.717, 1.165) is 6.42 Å². The van der Waals surface area contributed by atoms with Gasteiger partial charge in [-0.1, -0.05) is 35.9 Å². The number of aliphatic hydroxyl groups is 1. The van der Waals surface area contributed by atoms with E-state index in [-0.39, 0.29) is 18.6 Å². The lowest BCUT2D eigenvalue weighted by atomic mass is 10.1. The molecule has 22 heavy (non-hydrogen) atoms. The number of amides is 2. The maximum Gasteiger partial charge on any atom is 0.315 e. The van der Waals surface area contributed by atoms with Crippen LogP contribution in [-0.2, 0) is 6.42 Å². The Bertz CT molecular complexity index is 604.